The van der Waals surface area contributed by atoms with Crippen molar-refractivity contribution in [2.45, 2.75) is 19.4 Å². The van der Waals surface area contributed by atoms with E-state index < -0.39 is 17.2 Å². The Morgan fingerprint density at radius 2 is 1.51 bits per heavy atom. The second-order valence-electron chi connectivity index (χ2n) is 8.58. The minimum Gasteiger partial charge on any atom is -0.507 e. The molecule has 1 aromatic heterocycles. The number of nitrogens with zero attached hydrogens (tertiary/aromatic N) is 1. The number of ether oxygens (including phenoxy) is 1. The van der Waals surface area contributed by atoms with E-state index >= 15 is 0 Å². The topological polar surface area (TPSA) is 97.6 Å². The van der Waals surface area contributed by atoms with Crippen molar-refractivity contribution in [3.63, 3.8) is 0 Å². The summed E-state index contributed by atoms with van der Waals surface area (Å²) in [6.45, 7) is 0.611. The molecule has 0 aliphatic heterocycles. The van der Waals surface area contributed by atoms with E-state index in [1.807, 2.05) is 60.7 Å². The molecular formula is C30H28N2O5. The molecule has 188 valence electrons. The molecule has 0 spiro atoms. The quantitative estimate of drug-likeness (QED) is 0.324. The van der Waals surface area contributed by atoms with Crippen LogP contribution in [0.4, 0.5) is 0 Å². The summed E-state index contributed by atoms with van der Waals surface area (Å²) in [6.07, 6.45) is 2.58. The average molecular weight is 497 g/mol. The van der Waals surface area contributed by atoms with Crippen LogP contribution >= 0.6 is 0 Å². The lowest BCUT2D eigenvalue weighted by molar-refractivity contribution is 0.0952. The molecule has 2 N–H and O–H groups in total. The highest BCUT2D eigenvalue weighted by Gasteiger charge is 2.21. The number of pyridine rings is 1. The Labute approximate surface area is 215 Å². The third-order valence-electron chi connectivity index (χ3n) is 6.07. The summed E-state index contributed by atoms with van der Waals surface area (Å²) in [4.78, 5) is 39.7. The molecule has 4 rings (SSSR count). The number of hydrogen-bond donors (Lipinski definition) is 2. The third-order valence-corrected chi connectivity index (χ3v) is 6.07. The van der Waals surface area contributed by atoms with E-state index in [9.17, 15) is 19.5 Å². The summed E-state index contributed by atoms with van der Waals surface area (Å²) in [5.74, 6) is -0.902. The van der Waals surface area contributed by atoms with Crippen molar-refractivity contribution in [2.24, 2.45) is 0 Å². The number of phenolic OH excluding ortho intramolecular Hbond substituents is 1. The van der Waals surface area contributed by atoms with Gasteiger partial charge in [0.15, 0.2) is 5.78 Å². The van der Waals surface area contributed by atoms with Crippen LogP contribution in [0, 0.1) is 0 Å². The first-order valence-electron chi connectivity index (χ1n) is 12.0. The second kappa shape index (κ2) is 11.9. The van der Waals surface area contributed by atoms with Crippen molar-refractivity contribution in [3.05, 3.63) is 129 Å². The minimum absolute atomic E-state index is 0.0167. The summed E-state index contributed by atoms with van der Waals surface area (Å²) >= 11 is 0. The molecule has 1 heterocycles. The van der Waals surface area contributed by atoms with E-state index in [1.54, 1.807) is 6.07 Å². The highest BCUT2D eigenvalue weighted by Crippen LogP contribution is 2.25. The molecule has 7 heteroatoms. The summed E-state index contributed by atoms with van der Waals surface area (Å²) < 4.78 is 6.56. The predicted octanol–water partition coefficient (Wildman–Crippen LogP) is 4.01. The standard InChI is InChI=1S/C30H28N2O5/c1-37-24-12-13-27(33)25(19-24)28(34)23-18-26(29(35)31-16-14-21-8-4-2-5-9-21)30(36)32(20-23)17-15-22-10-6-3-7-11-22/h2-13,18-20,33H,14-17H2,1H3,(H,31,35). The van der Waals surface area contributed by atoms with Crippen LogP contribution in [0.15, 0.2) is 95.9 Å². The van der Waals surface area contributed by atoms with Crippen molar-refractivity contribution in [1.29, 1.82) is 0 Å². The molecule has 0 saturated heterocycles. The number of amides is 1. The summed E-state index contributed by atoms with van der Waals surface area (Å²) in [6, 6.07) is 24.9. The van der Waals surface area contributed by atoms with E-state index in [0.29, 0.717) is 25.1 Å². The zero-order valence-corrected chi connectivity index (χ0v) is 20.5. The van der Waals surface area contributed by atoms with Crippen molar-refractivity contribution >= 4 is 11.7 Å². The fourth-order valence-electron chi connectivity index (χ4n) is 4.02. The minimum atomic E-state index is -0.557. The van der Waals surface area contributed by atoms with Gasteiger partial charge in [-0.1, -0.05) is 60.7 Å². The molecule has 0 unspecified atom stereocenters. The van der Waals surface area contributed by atoms with Gasteiger partial charge in [0.05, 0.1) is 12.7 Å². The van der Waals surface area contributed by atoms with Crippen LogP contribution in [0.5, 0.6) is 11.5 Å². The Morgan fingerprint density at radius 1 is 0.865 bits per heavy atom. The van der Waals surface area contributed by atoms with Gasteiger partial charge >= 0.3 is 0 Å². The normalized spacial score (nSPS) is 10.6. The molecular weight excluding hydrogens is 468 g/mol. The van der Waals surface area contributed by atoms with Crippen LogP contribution < -0.4 is 15.6 Å². The van der Waals surface area contributed by atoms with Gasteiger partial charge in [-0.05, 0) is 48.2 Å². The maximum Gasteiger partial charge on any atom is 0.263 e. The molecule has 0 aliphatic rings. The number of aryl methyl sites for hydroxylation is 2. The molecule has 0 atom stereocenters. The molecule has 4 aromatic rings. The number of nitrogens with one attached hydrogen (secondary N) is 1. The monoisotopic (exact) mass is 496 g/mol. The zero-order valence-electron chi connectivity index (χ0n) is 20.5. The molecule has 0 saturated carbocycles. The van der Waals surface area contributed by atoms with Crippen LogP contribution in [-0.2, 0) is 19.4 Å². The van der Waals surface area contributed by atoms with Crippen LogP contribution in [0.25, 0.3) is 0 Å². The molecule has 37 heavy (non-hydrogen) atoms. The average Bonchev–Trinajstić information content (AvgIpc) is 2.93. The number of hydrogen-bond acceptors (Lipinski definition) is 5. The number of benzene rings is 3. The second-order valence-corrected chi connectivity index (χ2v) is 8.58. The Bertz CT molecular complexity index is 1450. The van der Waals surface area contributed by atoms with Gasteiger partial charge in [-0.25, -0.2) is 0 Å². The summed E-state index contributed by atoms with van der Waals surface area (Å²) in [5.41, 5.74) is 1.59. The van der Waals surface area contributed by atoms with Crippen LogP contribution in [0.1, 0.15) is 37.4 Å². The van der Waals surface area contributed by atoms with E-state index in [0.717, 1.165) is 11.1 Å². The van der Waals surface area contributed by atoms with Gasteiger partial charge in [-0.15, -0.1) is 0 Å². The lowest BCUT2D eigenvalue weighted by Gasteiger charge is -2.13. The van der Waals surface area contributed by atoms with Gasteiger partial charge < -0.3 is 19.7 Å². The van der Waals surface area contributed by atoms with E-state index in [2.05, 4.69) is 5.32 Å². The maximum atomic E-state index is 13.4. The predicted molar refractivity (Wildman–Crippen MR) is 141 cm³/mol. The van der Waals surface area contributed by atoms with Crippen LogP contribution in [-0.4, -0.2) is 35.0 Å². The smallest absolute Gasteiger partial charge is 0.263 e. The number of ketones is 1. The number of carbonyl (C=O) groups excluding carboxylic acids is 2. The van der Waals surface area contributed by atoms with E-state index in [1.165, 1.54) is 36.1 Å². The molecule has 0 fully saturated rings. The Morgan fingerprint density at radius 3 is 2.16 bits per heavy atom. The van der Waals surface area contributed by atoms with Crippen molar-refractivity contribution in [1.82, 2.24) is 9.88 Å². The molecule has 1 amide bonds. The van der Waals surface area contributed by atoms with Gasteiger partial charge in [0.2, 0.25) is 0 Å². The highest BCUT2D eigenvalue weighted by atomic mass is 16.5. The van der Waals surface area contributed by atoms with Crippen LogP contribution in [0.2, 0.25) is 0 Å². The Hall–Kier alpha value is -4.65. The fraction of sp³-hybridized carbons (Fsp3) is 0.167. The van der Waals surface area contributed by atoms with Gasteiger partial charge in [0.1, 0.15) is 17.1 Å². The van der Waals surface area contributed by atoms with Crippen molar-refractivity contribution in [2.75, 3.05) is 13.7 Å². The SMILES string of the molecule is COc1ccc(O)c(C(=O)c2cc(C(=O)NCCc3ccccc3)c(=O)n(CCc3ccccc3)c2)c1. The van der Waals surface area contributed by atoms with Crippen LogP contribution in [0.3, 0.4) is 0 Å². The summed E-state index contributed by atoms with van der Waals surface area (Å²) in [7, 11) is 1.46. The Kier molecular flexibility index (Phi) is 8.15. The van der Waals surface area contributed by atoms with Crippen molar-refractivity contribution in [3.8, 4) is 11.5 Å². The molecule has 0 aliphatic carbocycles. The molecule has 0 bridgehead atoms. The Balaban J connectivity index is 1.65. The lowest BCUT2D eigenvalue weighted by atomic mass is 10.0. The number of phenols is 1. The van der Waals surface area contributed by atoms with E-state index in [-0.39, 0.29) is 29.0 Å². The molecule has 0 radical (unpaired) electrons. The molecule has 7 nitrogen and oxygen atoms in total. The molecule has 3 aromatic carbocycles. The van der Waals surface area contributed by atoms with Crippen molar-refractivity contribution < 1.29 is 19.4 Å². The highest BCUT2D eigenvalue weighted by molar-refractivity contribution is 6.11. The lowest BCUT2D eigenvalue weighted by Crippen LogP contribution is -2.35. The van der Waals surface area contributed by atoms with Gasteiger partial charge in [0, 0.05) is 24.8 Å². The van der Waals surface area contributed by atoms with Gasteiger partial charge in [-0.2, -0.15) is 0 Å². The summed E-state index contributed by atoms with van der Waals surface area (Å²) in [5, 5.41) is 13.1. The maximum absolute atomic E-state index is 13.4. The first kappa shape index (κ1) is 25.4. The third kappa shape index (κ3) is 6.32. The number of aromatic nitrogens is 1. The van der Waals surface area contributed by atoms with E-state index in [4.69, 9.17) is 4.74 Å². The largest absolute Gasteiger partial charge is 0.507 e. The number of rotatable bonds is 10. The fourth-order valence-corrected chi connectivity index (χ4v) is 4.02. The number of methoxy groups -OCH3 is 1. The zero-order chi connectivity index (χ0) is 26.2. The number of carbonyl (C=O) groups is 2. The van der Waals surface area contributed by atoms with Gasteiger partial charge in [-0.3, -0.25) is 14.4 Å². The first-order valence-corrected chi connectivity index (χ1v) is 12.0. The van der Waals surface area contributed by atoms with Gasteiger partial charge in [0.25, 0.3) is 11.5 Å². The number of aromatic hydroxyl groups is 1. The first-order chi connectivity index (χ1) is 18.0.